The average Bonchev–Trinajstić information content (AvgIpc) is 2.97. The molecule has 11 heteroatoms. The lowest BCUT2D eigenvalue weighted by atomic mass is 10.0. The summed E-state index contributed by atoms with van der Waals surface area (Å²) in [6.07, 6.45) is 2.17. The van der Waals surface area contributed by atoms with Gasteiger partial charge in [-0.05, 0) is 50.5 Å². The van der Waals surface area contributed by atoms with E-state index in [0.717, 1.165) is 24.8 Å². The first kappa shape index (κ1) is 34.6. The fourth-order valence-electron chi connectivity index (χ4n) is 4.05. The molecule has 3 N–H and O–H groups in total. The van der Waals surface area contributed by atoms with E-state index < -0.39 is 41.6 Å². The van der Waals surface area contributed by atoms with Crippen molar-refractivity contribution in [1.82, 2.24) is 16.0 Å². The number of nitrogens with zero attached hydrogens (tertiary/aromatic N) is 1. The highest BCUT2D eigenvalue weighted by atomic mass is 16.6. The molecule has 0 saturated heterocycles. The van der Waals surface area contributed by atoms with Crippen LogP contribution in [0.15, 0.2) is 48.5 Å². The van der Waals surface area contributed by atoms with Gasteiger partial charge in [0.2, 0.25) is 11.8 Å². The minimum absolute atomic E-state index is 0.0573. The molecule has 0 spiro atoms. The van der Waals surface area contributed by atoms with Crippen molar-refractivity contribution < 1.29 is 33.4 Å². The number of alkyl carbamates (subject to hydrolysis) is 1. The Balaban J connectivity index is 2.30. The molecule has 0 saturated carbocycles. The third kappa shape index (κ3) is 12.9. The quantitative estimate of drug-likeness (QED) is 0.209. The maximum Gasteiger partial charge on any atom is 0.408 e. The van der Waals surface area contributed by atoms with Gasteiger partial charge in [-0.3, -0.25) is 9.59 Å². The van der Waals surface area contributed by atoms with E-state index in [2.05, 4.69) is 27.6 Å². The van der Waals surface area contributed by atoms with E-state index in [1.165, 1.54) is 19.2 Å². The van der Waals surface area contributed by atoms with Crippen LogP contribution in [0.5, 0.6) is 5.75 Å². The van der Waals surface area contributed by atoms with Crippen LogP contribution in [0.3, 0.4) is 0 Å². The largest absolute Gasteiger partial charge is 0.481 e. The number of carbonyl (C=O) groups excluding carboxylic acids is 4. The molecule has 2 aromatic rings. The first-order valence-electron chi connectivity index (χ1n) is 14.3. The molecule has 0 aliphatic rings. The molecule has 3 amide bonds. The normalized spacial score (nSPS) is 12.2. The first-order valence-corrected chi connectivity index (χ1v) is 14.3. The lowest BCUT2D eigenvalue weighted by molar-refractivity contribution is -0.142. The second kappa shape index (κ2) is 17.4. The Morgan fingerprint density at radius 3 is 2.21 bits per heavy atom. The van der Waals surface area contributed by atoms with E-state index in [9.17, 15) is 24.4 Å². The molecule has 0 aliphatic carbocycles. The van der Waals surface area contributed by atoms with E-state index in [1.54, 1.807) is 26.8 Å². The zero-order chi connectivity index (χ0) is 31.8. The molecule has 2 aromatic carbocycles. The second-order valence-corrected chi connectivity index (χ2v) is 11.0. The molecule has 0 fully saturated rings. The van der Waals surface area contributed by atoms with Crippen molar-refractivity contribution >= 4 is 23.9 Å². The standard InChI is InChI=1S/C32H42N4O7/c1-6-7-11-16-34-29(38)25(19-23-14-15-27(24(17-23)20-33)42-21-28(37)41-5)35-30(39)26(18-22-12-9-8-10-13-22)36-31(40)43-32(2,3)4/h8-10,12-15,17,25-26H,6-7,11,16,18-19,21H2,1-5H3,(H,34,38)(H,35,39)(H,36,40)/t25-,26-/m0/s1. The minimum Gasteiger partial charge on any atom is -0.481 e. The van der Waals surface area contributed by atoms with Crippen LogP contribution in [-0.2, 0) is 36.7 Å². The Bertz CT molecular complexity index is 1270. The number of rotatable bonds is 15. The molecule has 0 bridgehead atoms. The molecule has 11 nitrogen and oxygen atoms in total. The predicted octanol–water partition coefficient (Wildman–Crippen LogP) is 3.58. The Labute approximate surface area is 253 Å². The number of nitrogens with one attached hydrogen (secondary N) is 3. The van der Waals surface area contributed by atoms with Gasteiger partial charge in [0.1, 0.15) is 29.5 Å². The fourth-order valence-corrected chi connectivity index (χ4v) is 4.05. The maximum atomic E-state index is 13.6. The topological polar surface area (TPSA) is 156 Å². The summed E-state index contributed by atoms with van der Waals surface area (Å²) < 4.78 is 15.3. The highest BCUT2D eigenvalue weighted by Gasteiger charge is 2.29. The van der Waals surface area contributed by atoms with Gasteiger partial charge in [-0.2, -0.15) is 5.26 Å². The van der Waals surface area contributed by atoms with E-state index >= 15 is 0 Å². The van der Waals surface area contributed by atoms with E-state index in [1.807, 2.05) is 36.4 Å². The van der Waals surface area contributed by atoms with Gasteiger partial charge in [0.15, 0.2) is 6.61 Å². The van der Waals surface area contributed by atoms with Crippen LogP contribution in [0.4, 0.5) is 4.79 Å². The van der Waals surface area contributed by atoms with Crippen molar-refractivity contribution in [3.63, 3.8) is 0 Å². The highest BCUT2D eigenvalue weighted by molar-refractivity contribution is 5.91. The van der Waals surface area contributed by atoms with Crippen LogP contribution in [0.25, 0.3) is 0 Å². The molecule has 2 atom stereocenters. The van der Waals surface area contributed by atoms with E-state index in [0.29, 0.717) is 12.1 Å². The van der Waals surface area contributed by atoms with Crippen molar-refractivity contribution in [2.24, 2.45) is 0 Å². The molecule has 43 heavy (non-hydrogen) atoms. The molecule has 2 rings (SSSR count). The van der Waals surface area contributed by atoms with Gasteiger partial charge in [-0.15, -0.1) is 0 Å². The molecular weight excluding hydrogens is 552 g/mol. The molecule has 0 unspecified atom stereocenters. The summed E-state index contributed by atoms with van der Waals surface area (Å²) in [5, 5.41) is 18.0. The van der Waals surface area contributed by atoms with Crippen molar-refractivity contribution in [2.45, 2.75) is 77.5 Å². The zero-order valence-electron chi connectivity index (χ0n) is 25.5. The van der Waals surface area contributed by atoms with Gasteiger partial charge in [0.25, 0.3) is 0 Å². The third-order valence-electron chi connectivity index (χ3n) is 6.18. The van der Waals surface area contributed by atoms with Crippen LogP contribution in [0.2, 0.25) is 0 Å². The maximum absolute atomic E-state index is 13.6. The number of nitriles is 1. The fraction of sp³-hybridized carbons (Fsp3) is 0.469. The Kier molecular flexibility index (Phi) is 14.0. The van der Waals surface area contributed by atoms with E-state index in [-0.39, 0.29) is 30.8 Å². The Morgan fingerprint density at radius 1 is 0.907 bits per heavy atom. The van der Waals surface area contributed by atoms with Crippen LogP contribution >= 0.6 is 0 Å². The number of benzene rings is 2. The van der Waals surface area contributed by atoms with Crippen molar-refractivity contribution in [3.05, 3.63) is 65.2 Å². The van der Waals surface area contributed by atoms with Gasteiger partial charge in [0, 0.05) is 19.4 Å². The van der Waals surface area contributed by atoms with Crippen LogP contribution in [0, 0.1) is 11.3 Å². The Morgan fingerprint density at radius 2 is 1.58 bits per heavy atom. The lowest BCUT2D eigenvalue weighted by Gasteiger charge is -2.25. The van der Waals surface area contributed by atoms with E-state index in [4.69, 9.17) is 9.47 Å². The van der Waals surface area contributed by atoms with Crippen LogP contribution in [0.1, 0.15) is 63.6 Å². The van der Waals surface area contributed by atoms with Gasteiger partial charge in [0.05, 0.1) is 12.7 Å². The smallest absolute Gasteiger partial charge is 0.408 e. The van der Waals surface area contributed by atoms with Crippen molar-refractivity contribution in [3.8, 4) is 11.8 Å². The zero-order valence-corrected chi connectivity index (χ0v) is 25.5. The molecule has 0 radical (unpaired) electrons. The van der Waals surface area contributed by atoms with Crippen molar-refractivity contribution in [1.29, 1.82) is 5.26 Å². The number of methoxy groups -OCH3 is 1. The number of hydrogen-bond acceptors (Lipinski definition) is 8. The van der Waals surface area contributed by atoms with Gasteiger partial charge < -0.3 is 30.2 Å². The number of carbonyl (C=O) groups is 4. The number of hydrogen-bond donors (Lipinski definition) is 3. The summed E-state index contributed by atoms with van der Waals surface area (Å²) in [4.78, 5) is 51.0. The summed E-state index contributed by atoms with van der Waals surface area (Å²) in [5.74, 6) is -1.38. The molecular formula is C32H42N4O7. The SMILES string of the molecule is CCCCCNC(=O)[C@H](Cc1ccc(OCC(=O)OC)c(C#N)c1)NC(=O)[C@H](Cc1ccccc1)NC(=O)OC(C)(C)C. The Hall–Kier alpha value is -4.59. The lowest BCUT2D eigenvalue weighted by Crippen LogP contribution is -2.55. The summed E-state index contributed by atoms with van der Waals surface area (Å²) in [6.45, 7) is 7.29. The highest BCUT2D eigenvalue weighted by Crippen LogP contribution is 2.21. The molecule has 232 valence electrons. The second-order valence-electron chi connectivity index (χ2n) is 11.0. The minimum atomic E-state index is -1.03. The number of amides is 3. The number of unbranched alkanes of at least 4 members (excludes halogenated alkanes) is 2. The monoisotopic (exact) mass is 594 g/mol. The summed E-state index contributed by atoms with van der Waals surface area (Å²) in [5.41, 5.74) is 0.767. The molecule has 0 aromatic heterocycles. The third-order valence-corrected chi connectivity index (χ3v) is 6.18. The van der Waals surface area contributed by atoms with Gasteiger partial charge >= 0.3 is 12.1 Å². The number of ether oxygens (including phenoxy) is 3. The summed E-state index contributed by atoms with van der Waals surface area (Å²) in [6, 6.07) is 13.9. The van der Waals surface area contributed by atoms with Crippen molar-refractivity contribution in [2.75, 3.05) is 20.3 Å². The summed E-state index contributed by atoms with van der Waals surface area (Å²) in [7, 11) is 1.23. The predicted molar refractivity (Wildman–Crippen MR) is 160 cm³/mol. The van der Waals surface area contributed by atoms with Gasteiger partial charge in [-0.25, -0.2) is 9.59 Å². The molecule has 0 heterocycles. The number of esters is 1. The van der Waals surface area contributed by atoms with Crippen LogP contribution < -0.4 is 20.7 Å². The van der Waals surface area contributed by atoms with Crippen LogP contribution in [-0.4, -0.2) is 61.8 Å². The first-order chi connectivity index (χ1) is 20.4. The average molecular weight is 595 g/mol. The summed E-state index contributed by atoms with van der Waals surface area (Å²) >= 11 is 0. The van der Waals surface area contributed by atoms with Gasteiger partial charge in [-0.1, -0.05) is 56.2 Å². The molecule has 0 aliphatic heterocycles.